The van der Waals surface area contributed by atoms with Crippen molar-refractivity contribution < 1.29 is 0 Å². The molecule has 0 aliphatic carbocycles. The summed E-state index contributed by atoms with van der Waals surface area (Å²) in [6.45, 7) is 4.51. The quantitative estimate of drug-likeness (QED) is 0.401. The van der Waals surface area contributed by atoms with Crippen molar-refractivity contribution in [3.05, 3.63) is 35.4 Å². The zero-order valence-corrected chi connectivity index (χ0v) is 13.1. The Hall–Kier alpha value is -0.780. The van der Waals surface area contributed by atoms with Crippen LogP contribution >= 0.6 is 0 Å². The van der Waals surface area contributed by atoms with E-state index in [2.05, 4.69) is 38.1 Å². The summed E-state index contributed by atoms with van der Waals surface area (Å²) in [5.41, 5.74) is 3.00. The largest absolute Gasteiger partial charge is 0.0654 e. The lowest BCUT2D eigenvalue weighted by Crippen LogP contribution is -1.89. The van der Waals surface area contributed by atoms with E-state index < -0.39 is 0 Å². The molecule has 0 atom stereocenters. The molecular weight excluding hydrogens is 228 g/mol. The van der Waals surface area contributed by atoms with Crippen LogP contribution in [0.1, 0.15) is 82.3 Å². The molecule has 0 bridgehead atoms. The second-order valence-electron chi connectivity index (χ2n) is 5.86. The average molecular weight is 260 g/mol. The minimum absolute atomic E-state index is 1.27. The van der Waals surface area contributed by atoms with Gasteiger partial charge in [0.25, 0.3) is 0 Å². The summed E-state index contributed by atoms with van der Waals surface area (Å²) in [6, 6.07) is 8.81. The Morgan fingerprint density at radius 2 is 1.21 bits per heavy atom. The van der Waals surface area contributed by atoms with Crippen LogP contribution in [0.25, 0.3) is 0 Å². The summed E-state index contributed by atoms with van der Waals surface area (Å²) in [6.07, 6.45) is 15.5. The average Bonchev–Trinajstić information content (AvgIpc) is 2.43. The Morgan fingerprint density at radius 1 is 0.684 bits per heavy atom. The molecular formula is C19H32. The first-order valence-electron chi connectivity index (χ1n) is 8.39. The molecule has 0 heteroatoms. The third-order valence-electron chi connectivity index (χ3n) is 4.06. The maximum Gasteiger partial charge on any atom is -0.0276 e. The fourth-order valence-electron chi connectivity index (χ4n) is 2.69. The maximum atomic E-state index is 2.29. The highest BCUT2D eigenvalue weighted by atomic mass is 14.0. The molecule has 0 aromatic heterocycles. The summed E-state index contributed by atoms with van der Waals surface area (Å²) in [4.78, 5) is 0. The van der Waals surface area contributed by atoms with Gasteiger partial charge >= 0.3 is 0 Å². The minimum Gasteiger partial charge on any atom is -0.0654 e. The number of unbranched alkanes of at least 4 members (excludes halogenated alkanes) is 9. The normalized spacial score (nSPS) is 10.8. The Labute approximate surface area is 120 Å². The third kappa shape index (κ3) is 8.08. The highest BCUT2D eigenvalue weighted by Crippen LogP contribution is 2.14. The van der Waals surface area contributed by atoms with Crippen molar-refractivity contribution in [2.45, 2.75) is 84.5 Å². The van der Waals surface area contributed by atoms with Crippen molar-refractivity contribution in [2.24, 2.45) is 0 Å². The molecule has 0 heterocycles. The topological polar surface area (TPSA) is 0 Å². The molecule has 0 unspecified atom stereocenters. The Kier molecular flexibility index (Phi) is 9.49. The van der Waals surface area contributed by atoms with Crippen LogP contribution in [0.3, 0.4) is 0 Å². The molecule has 0 saturated carbocycles. The van der Waals surface area contributed by atoms with Crippen LogP contribution in [0.4, 0.5) is 0 Å². The Morgan fingerprint density at radius 3 is 1.79 bits per heavy atom. The lowest BCUT2D eigenvalue weighted by molar-refractivity contribution is 0.556. The van der Waals surface area contributed by atoms with Crippen LogP contribution < -0.4 is 0 Å². The SMILES string of the molecule is CCCCCCCCCCCCc1ccccc1C. The van der Waals surface area contributed by atoms with E-state index >= 15 is 0 Å². The molecule has 0 nitrogen and oxygen atoms in total. The van der Waals surface area contributed by atoms with E-state index in [9.17, 15) is 0 Å². The molecule has 0 N–H and O–H groups in total. The molecule has 19 heavy (non-hydrogen) atoms. The van der Waals surface area contributed by atoms with Crippen molar-refractivity contribution in [3.63, 3.8) is 0 Å². The van der Waals surface area contributed by atoms with Gasteiger partial charge in [-0.15, -0.1) is 0 Å². The van der Waals surface area contributed by atoms with E-state index in [0.29, 0.717) is 0 Å². The standard InChI is InChI=1S/C19H32/c1-3-4-5-6-7-8-9-10-11-12-16-19-17-14-13-15-18(19)2/h13-15,17H,3-12,16H2,1-2H3. The molecule has 1 aromatic rings. The number of aryl methyl sites for hydroxylation is 2. The van der Waals surface area contributed by atoms with Crippen molar-refractivity contribution in [1.82, 2.24) is 0 Å². The van der Waals surface area contributed by atoms with Gasteiger partial charge in [-0.2, -0.15) is 0 Å². The third-order valence-corrected chi connectivity index (χ3v) is 4.06. The van der Waals surface area contributed by atoms with E-state index in [1.54, 1.807) is 5.56 Å². The lowest BCUT2D eigenvalue weighted by atomic mass is 10.0. The predicted octanol–water partition coefficient (Wildman–Crippen LogP) is 6.46. The van der Waals surface area contributed by atoms with Crippen molar-refractivity contribution in [3.8, 4) is 0 Å². The molecule has 108 valence electrons. The molecule has 0 saturated heterocycles. The number of rotatable bonds is 11. The van der Waals surface area contributed by atoms with E-state index in [4.69, 9.17) is 0 Å². The smallest absolute Gasteiger partial charge is 0.0276 e. The van der Waals surface area contributed by atoms with Crippen LogP contribution in [0.2, 0.25) is 0 Å². The van der Waals surface area contributed by atoms with Crippen LogP contribution in [0, 0.1) is 6.92 Å². The van der Waals surface area contributed by atoms with Crippen molar-refractivity contribution in [1.29, 1.82) is 0 Å². The summed E-state index contributed by atoms with van der Waals surface area (Å²) in [5, 5.41) is 0. The van der Waals surface area contributed by atoms with Crippen LogP contribution in [-0.2, 0) is 6.42 Å². The molecule has 0 radical (unpaired) electrons. The monoisotopic (exact) mass is 260 g/mol. The van der Waals surface area contributed by atoms with E-state index in [-0.39, 0.29) is 0 Å². The van der Waals surface area contributed by atoms with Gasteiger partial charge in [-0.25, -0.2) is 0 Å². The zero-order valence-electron chi connectivity index (χ0n) is 13.1. The second-order valence-corrected chi connectivity index (χ2v) is 5.86. The number of benzene rings is 1. The first-order valence-corrected chi connectivity index (χ1v) is 8.39. The van der Waals surface area contributed by atoms with Crippen LogP contribution in [0.15, 0.2) is 24.3 Å². The summed E-state index contributed by atoms with van der Waals surface area (Å²) >= 11 is 0. The predicted molar refractivity (Wildman–Crippen MR) is 86.7 cm³/mol. The maximum absolute atomic E-state index is 2.29. The van der Waals surface area contributed by atoms with Gasteiger partial charge in [0.15, 0.2) is 0 Å². The molecule has 0 spiro atoms. The highest BCUT2D eigenvalue weighted by Gasteiger charge is 1.97. The minimum atomic E-state index is 1.27. The number of hydrogen-bond donors (Lipinski definition) is 0. The van der Waals surface area contributed by atoms with Crippen LogP contribution in [-0.4, -0.2) is 0 Å². The molecule has 1 aromatic carbocycles. The zero-order chi connectivity index (χ0) is 13.8. The second kappa shape index (κ2) is 11.1. The van der Waals surface area contributed by atoms with Gasteiger partial charge in [0.1, 0.15) is 0 Å². The lowest BCUT2D eigenvalue weighted by Gasteiger charge is -2.05. The van der Waals surface area contributed by atoms with Crippen LogP contribution in [0.5, 0.6) is 0 Å². The molecule has 0 aliphatic heterocycles. The van der Waals surface area contributed by atoms with E-state index in [1.807, 2.05) is 0 Å². The summed E-state index contributed by atoms with van der Waals surface area (Å²) in [7, 11) is 0. The highest BCUT2D eigenvalue weighted by molar-refractivity contribution is 5.25. The molecule has 0 amide bonds. The molecule has 0 aliphatic rings. The first-order chi connectivity index (χ1) is 9.34. The summed E-state index contributed by atoms with van der Waals surface area (Å²) in [5.74, 6) is 0. The molecule has 0 fully saturated rings. The van der Waals surface area contributed by atoms with Crippen molar-refractivity contribution >= 4 is 0 Å². The summed E-state index contributed by atoms with van der Waals surface area (Å²) < 4.78 is 0. The Bertz CT molecular complexity index is 314. The van der Waals surface area contributed by atoms with Gasteiger partial charge < -0.3 is 0 Å². The van der Waals surface area contributed by atoms with Gasteiger partial charge in [0.2, 0.25) is 0 Å². The molecule has 1 rings (SSSR count). The van der Waals surface area contributed by atoms with Gasteiger partial charge in [-0.1, -0.05) is 89.0 Å². The van der Waals surface area contributed by atoms with E-state index in [0.717, 1.165) is 0 Å². The van der Waals surface area contributed by atoms with Gasteiger partial charge in [0, 0.05) is 0 Å². The van der Waals surface area contributed by atoms with Gasteiger partial charge in [-0.3, -0.25) is 0 Å². The fourth-order valence-corrected chi connectivity index (χ4v) is 2.69. The Balaban J connectivity index is 1.90. The van der Waals surface area contributed by atoms with Gasteiger partial charge in [0.05, 0.1) is 0 Å². The fraction of sp³-hybridized carbons (Fsp3) is 0.684. The first kappa shape index (κ1) is 16.3. The van der Waals surface area contributed by atoms with Gasteiger partial charge in [-0.05, 0) is 30.9 Å². The van der Waals surface area contributed by atoms with E-state index in [1.165, 1.54) is 76.2 Å². The van der Waals surface area contributed by atoms with Crippen molar-refractivity contribution in [2.75, 3.05) is 0 Å². The number of hydrogen-bond acceptors (Lipinski definition) is 0.